The minimum atomic E-state index is 0.110. The van der Waals surface area contributed by atoms with Crippen LogP contribution in [0.4, 0.5) is 5.69 Å². The first-order valence-electron chi connectivity index (χ1n) is 10.6. The third-order valence-corrected chi connectivity index (χ3v) is 7.07. The summed E-state index contributed by atoms with van der Waals surface area (Å²) < 4.78 is 5.45. The molecule has 1 fully saturated rings. The number of benzene rings is 1. The van der Waals surface area contributed by atoms with E-state index in [1.165, 1.54) is 31.2 Å². The predicted octanol–water partition coefficient (Wildman–Crippen LogP) is 4.88. The van der Waals surface area contributed by atoms with Crippen LogP contribution < -0.4 is 10.1 Å². The standard InChI is InChI=1S/C23H30N2O2S/c1-2-27-20-9-7-19(8-10-20)24-23(26)17-11-13-25(14-12-17)15-18-16-28-22-6-4-3-5-21(18)22/h7-10,16-17H,2-6,11-15H2,1H3,(H,24,26). The summed E-state index contributed by atoms with van der Waals surface area (Å²) in [6.45, 7) is 5.69. The molecule has 5 heteroatoms. The Morgan fingerprint density at radius 2 is 1.93 bits per heavy atom. The van der Waals surface area contributed by atoms with Crippen LogP contribution in [0.2, 0.25) is 0 Å². The maximum Gasteiger partial charge on any atom is 0.227 e. The van der Waals surface area contributed by atoms with Crippen molar-refractivity contribution in [3.05, 3.63) is 45.6 Å². The molecule has 28 heavy (non-hydrogen) atoms. The second-order valence-corrected chi connectivity index (χ2v) is 8.83. The number of ether oxygens (including phenoxy) is 1. The lowest BCUT2D eigenvalue weighted by Gasteiger charge is -2.31. The lowest BCUT2D eigenvalue weighted by atomic mass is 9.93. The largest absolute Gasteiger partial charge is 0.494 e. The van der Waals surface area contributed by atoms with Crippen LogP contribution in [-0.4, -0.2) is 30.5 Å². The first kappa shape index (κ1) is 19.5. The molecule has 2 heterocycles. The molecule has 0 spiro atoms. The van der Waals surface area contributed by atoms with E-state index in [2.05, 4.69) is 15.6 Å². The zero-order chi connectivity index (χ0) is 19.3. The number of piperidine rings is 1. The molecule has 1 aromatic carbocycles. The summed E-state index contributed by atoms with van der Waals surface area (Å²) >= 11 is 1.95. The second kappa shape index (κ2) is 9.10. The Hall–Kier alpha value is -1.85. The molecule has 0 saturated carbocycles. The molecule has 0 radical (unpaired) electrons. The number of fused-ring (bicyclic) bond motifs is 1. The molecule has 1 N–H and O–H groups in total. The van der Waals surface area contributed by atoms with Gasteiger partial charge in [-0.05, 0) is 99.3 Å². The van der Waals surface area contributed by atoms with Gasteiger partial charge in [0.1, 0.15) is 5.75 Å². The summed E-state index contributed by atoms with van der Waals surface area (Å²) in [5.74, 6) is 1.10. The highest BCUT2D eigenvalue weighted by atomic mass is 32.1. The number of hydrogen-bond donors (Lipinski definition) is 1. The highest BCUT2D eigenvalue weighted by molar-refractivity contribution is 7.10. The van der Waals surface area contributed by atoms with Crippen molar-refractivity contribution in [3.63, 3.8) is 0 Å². The van der Waals surface area contributed by atoms with E-state index in [4.69, 9.17) is 4.74 Å². The van der Waals surface area contributed by atoms with Crippen LogP contribution in [-0.2, 0) is 24.2 Å². The molecule has 1 aromatic heterocycles. The SMILES string of the molecule is CCOc1ccc(NC(=O)C2CCN(Cc3csc4c3CCCC4)CC2)cc1. The molecule has 0 bridgehead atoms. The van der Waals surface area contributed by atoms with Crippen molar-refractivity contribution in [2.45, 2.75) is 52.0 Å². The Labute approximate surface area is 171 Å². The molecule has 0 atom stereocenters. The van der Waals surface area contributed by atoms with Gasteiger partial charge in [0, 0.05) is 23.0 Å². The number of carbonyl (C=O) groups excluding carboxylic acids is 1. The van der Waals surface area contributed by atoms with E-state index < -0.39 is 0 Å². The summed E-state index contributed by atoms with van der Waals surface area (Å²) in [4.78, 5) is 16.8. The summed E-state index contributed by atoms with van der Waals surface area (Å²) in [5, 5.41) is 5.45. The number of likely N-dealkylation sites (tertiary alicyclic amines) is 1. The van der Waals surface area contributed by atoms with E-state index in [0.717, 1.165) is 43.9 Å². The minimum Gasteiger partial charge on any atom is -0.494 e. The van der Waals surface area contributed by atoms with Crippen molar-refractivity contribution >= 4 is 22.9 Å². The van der Waals surface area contributed by atoms with Crippen molar-refractivity contribution in [1.29, 1.82) is 0 Å². The molecule has 4 rings (SSSR count). The van der Waals surface area contributed by atoms with Gasteiger partial charge in [0.25, 0.3) is 0 Å². The van der Waals surface area contributed by atoms with Gasteiger partial charge in [0.2, 0.25) is 5.91 Å². The van der Waals surface area contributed by atoms with Gasteiger partial charge in [0.05, 0.1) is 6.61 Å². The maximum atomic E-state index is 12.6. The van der Waals surface area contributed by atoms with Crippen LogP contribution in [0.25, 0.3) is 0 Å². The quantitative estimate of drug-likeness (QED) is 0.754. The third kappa shape index (κ3) is 4.58. The Morgan fingerprint density at radius 1 is 1.18 bits per heavy atom. The van der Waals surface area contributed by atoms with Gasteiger partial charge in [-0.2, -0.15) is 0 Å². The Morgan fingerprint density at radius 3 is 2.68 bits per heavy atom. The van der Waals surface area contributed by atoms with E-state index in [-0.39, 0.29) is 11.8 Å². The van der Waals surface area contributed by atoms with E-state index in [1.807, 2.05) is 42.5 Å². The van der Waals surface area contributed by atoms with Crippen LogP contribution in [0.5, 0.6) is 5.75 Å². The Balaban J connectivity index is 1.26. The van der Waals surface area contributed by atoms with Gasteiger partial charge < -0.3 is 10.1 Å². The van der Waals surface area contributed by atoms with Gasteiger partial charge in [-0.1, -0.05) is 0 Å². The van der Waals surface area contributed by atoms with Crippen LogP contribution in [0.15, 0.2) is 29.6 Å². The average Bonchev–Trinajstić information content (AvgIpc) is 3.13. The molecular weight excluding hydrogens is 368 g/mol. The fourth-order valence-electron chi connectivity index (χ4n) is 4.33. The molecule has 1 aliphatic heterocycles. The molecule has 1 aliphatic carbocycles. The van der Waals surface area contributed by atoms with Crippen molar-refractivity contribution in [2.75, 3.05) is 25.0 Å². The van der Waals surface area contributed by atoms with Gasteiger partial charge in [-0.3, -0.25) is 9.69 Å². The fraction of sp³-hybridized carbons (Fsp3) is 0.522. The number of aryl methyl sites for hydroxylation is 1. The van der Waals surface area contributed by atoms with Crippen LogP contribution in [0.1, 0.15) is 48.6 Å². The summed E-state index contributed by atoms with van der Waals surface area (Å²) in [7, 11) is 0. The number of rotatable bonds is 6. The van der Waals surface area contributed by atoms with Crippen LogP contribution in [0.3, 0.4) is 0 Å². The smallest absolute Gasteiger partial charge is 0.227 e. The number of thiophene rings is 1. The fourth-order valence-corrected chi connectivity index (χ4v) is 5.47. The summed E-state index contributed by atoms with van der Waals surface area (Å²) in [6.07, 6.45) is 7.10. The number of nitrogens with one attached hydrogen (secondary N) is 1. The lowest BCUT2D eigenvalue weighted by molar-refractivity contribution is -0.121. The van der Waals surface area contributed by atoms with Gasteiger partial charge >= 0.3 is 0 Å². The second-order valence-electron chi connectivity index (χ2n) is 7.87. The third-order valence-electron chi connectivity index (χ3n) is 5.93. The molecule has 2 aromatic rings. The van der Waals surface area contributed by atoms with Crippen LogP contribution in [0, 0.1) is 5.92 Å². The summed E-state index contributed by atoms with van der Waals surface area (Å²) in [6, 6.07) is 7.64. The lowest BCUT2D eigenvalue weighted by Crippen LogP contribution is -2.37. The van der Waals surface area contributed by atoms with Gasteiger partial charge in [-0.15, -0.1) is 11.3 Å². The molecule has 1 amide bonds. The summed E-state index contributed by atoms with van der Waals surface area (Å²) in [5.41, 5.74) is 4.02. The van der Waals surface area contributed by atoms with E-state index in [1.54, 1.807) is 10.4 Å². The number of amides is 1. The van der Waals surface area contributed by atoms with E-state index >= 15 is 0 Å². The topological polar surface area (TPSA) is 41.6 Å². The minimum absolute atomic E-state index is 0.110. The predicted molar refractivity (Wildman–Crippen MR) is 115 cm³/mol. The number of hydrogen-bond acceptors (Lipinski definition) is 4. The average molecular weight is 399 g/mol. The Kier molecular flexibility index (Phi) is 6.33. The van der Waals surface area contributed by atoms with E-state index in [9.17, 15) is 4.79 Å². The van der Waals surface area contributed by atoms with Crippen molar-refractivity contribution in [1.82, 2.24) is 4.90 Å². The molecule has 0 unspecified atom stereocenters. The van der Waals surface area contributed by atoms with Crippen molar-refractivity contribution in [2.24, 2.45) is 5.92 Å². The normalized spacial score (nSPS) is 17.9. The Bertz CT molecular complexity index is 791. The van der Waals surface area contributed by atoms with Crippen molar-refractivity contribution in [3.8, 4) is 5.75 Å². The molecule has 2 aliphatic rings. The van der Waals surface area contributed by atoms with Gasteiger partial charge in [0.15, 0.2) is 0 Å². The number of nitrogens with zero attached hydrogens (tertiary/aromatic N) is 1. The van der Waals surface area contributed by atoms with Crippen LogP contribution >= 0.6 is 11.3 Å². The number of anilines is 1. The van der Waals surface area contributed by atoms with Gasteiger partial charge in [-0.25, -0.2) is 0 Å². The number of carbonyl (C=O) groups is 1. The van der Waals surface area contributed by atoms with E-state index in [0.29, 0.717) is 6.61 Å². The molecule has 1 saturated heterocycles. The first-order chi connectivity index (χ1) is 13.7. The molecule has 150 valence electrons. The molecular formula is C23H30N2O2S. The maximum absolute atomic E-state index is 12.6. The highest BCUT2D eigenvalue weighted by Gasteiger charge is 2.26. The zero-order valence-electron chi connectivity index (χ0n) is 16.7. The van der Waals surface area contributed by atoms with Crippen molar-refractivity contribution < 1.29 is 9.53 Å². The monoisotopic (exact) mass is 398 g/mol. The highest BCUT2D eigenvalue weighted by Crippen LogP contribution is 2.32. The first-order valence-corrected chi connectivity index (χ1v) is 11.4. The zero-order valence-corrected chi connectivity index (χ0v) is 17.5. The molecule has 4 nitrogen and oxygen atoms in total.